The van der Waals surface area contributed by atoms with Gasteiger partial charge in [-0.05, 0) is 59.2 Å². The van der Waals surface area contributed by atoms with E-state index in [-0.39, 0.29) is 18.8 Å². The van der Waals surface area contributed by atoms with E-state index in [1.807, 2.05) is 48.5 Å². The number of allylic oxidation sites excluding steroid dienone is 1. The molecule has 3 amide bonds. The van der Waals surface area contributed by atoms with Gasteiger partial charge in [-0.1, -0.05) is 54.6 Å². The molecule has 0 bridgehead atoms. The lowest BCUT2D eigenvalue weighted by atomic mass is 9.95. The molecular formula is C32H30N4O6. The molecule has 214 valence electrons. The maximum absolute atomic E-state index is 12.6. The monoisotopic (exact) mass is 566 g/mol. The van der Waals surface area contributed by atoms with E-state index in [1.165, 1.54) is 7.11 Å². The molecule has 10 heteroatoms. The van der Waals surface area contributed by atoms with Crippen molar-refractivity contribution in [2.75, 3.05) is 20.3 Å². The maximum atomic E-state index is 12.6. The molecule has 1 atom stereocenters. The van der Waals surface area contributed by atoms with Crippen LogP contribution in [0.15, 0.2) is 89.2 Å². The quantitative estimate of drug-likeness (QED) is 0.116. The van der Waals surface area contributed by atoms with Crippen molar-refractivity contribution in [3.63, 3.8) is 0 Å². The first kappa shape index (κ1) is 28.2. The van der Waals surface area contributed by atoms with Gasteiger partial charge in [-0.25, -0.2) is 15.0 Å². The Morgan fingerprint density at radius 2 is 1.67 bits per heavy atom. The molecule has 10 nitrogen and oxygen atoms in total. The van der Waals surface area contributed by atoms with Gasteiger partial charge >= 0.3 is 12.0 Å². The molecule has 0 aromatic heterocycles. The van der Waals surface area contributed by atoms with E-state index in [4.69, 9.17) is 14.2 Å². The number of nitrogens with one attached hydrogen (secondary N) is 3. The van der Waals surface area contributed by atoms with Crippen LogP contribution in [-0.2, 0) is 14.3 Å². The molecular weight excluding hydrogens is 536 g/mol. The molecule has 1 aliphatic heterocycles. The summed E-state index contributed by atoms with van der Waals surface area (Å²) in [6.45, 7) is 3.22. The van der Waals surface area contributed by atoms with Crippen LogP contribution in [0.25, 0.3) is 21.5 Å². The summed E-state index contributed by atoms with van der Waals surface area (Å²) in [5.41, 5.74) is 4.68. The Balaban J connectivity index is 1.29. The van der Waals surface area contributed by atoms with E-state index in [0.29, 0.717) is 22.8 Å². The Morgan fingerprint density at radius 3 is 2.33 bits per heavy atom. The van der Waals surface area contributed by atoms with Gasteiger partial charge in [0.25, 0.3) is 5.91 Å². The average molecular weight is 567 g/mol. The first-order valence-corrected chi connectivity index (χ1v) is 13.4. The van der Waals surface area contributed by atoms with Gasteiger partial charge in [0.1, 0.15) is 0 Å². The minimum absolute atomic E-state index is 0.191. The molecule has 0 fully saturated rings. The maximum Gasteiger partial charge on any atom is 0.338 e. The summed E-state index contributed by atoms with van der Waals surface area (Å²) in [6.07, 6.45) is 1.64. The predicted octanol–water partition coefficient (Wildman–Crippen LogP) is 4.72. The lowest BCUT2D eigenvalue weighted by Crippen LogP contribution is -2.45. The number of hydrogen-bond donors (Lipinski definition) is 3. The van der Waals surface area contributed by atoms with Crippen LogP contribution in [0.1, 0.15) is 31.0 Å². The number of carbonyl (C=O) groups is 3. The van der Waals surface area contributed by atoms with Crippen LogP contribution in [0.3, 0.4) is 0 Å². The van der Waals surface area contributed by atoms with E-state index < -0.39 is 23.9 Å². The Bertz CT molecular complexity index is 1690. The molecule has 4 aromatic carbocycles. The molecule has 0 radical (unpaired) electrons. The number of carbonyl (C=O) groups excluding carboxylic acids is 3. The molecule has 0 spiro atoms. The van der Waals surface area contributed by atoms with Crippen LogP contribution in [-0.4, -0.2) is 44.4 Å². The number of benzene rings is 4. The van der Waals surface area contributed by atoms with Crippen molar-refractivity contribution in [3.05, 3.63) is 95.2 Å². The summed E-state index contributed by atoms with van der Waals surface area (Å²) in [6, 6.07) is 21.9. The van der Waals surface area contributed by atoms with Gasteiger partial charge in [-0.2, -0.15) is 5.10 Å². The summed E-state index contributed by atoms with van der Waals surface area (Å²) in [5.74, 6) is -0.380. The first-order valence-electron chi connectivity index (χ1n) is 13.4. The van der Waals surface area contributed by atoms with Gasteiger partial charge in [0, 0.05) is 11.3 Å². The molecule has 4 aromatic rings. The highest BCUT2D eigenvalue weighted by molar-refractivity contribution is 6.13. The van der Waals surface area contributed by atoms with Crippen LogP contribution in [0.4, 0.5) is 4.79 Å². The largest absolute Gasteiger partial charge is 0.493 e. The number of esters is 1. The second kappa shape index (κ2) is 12.4. The van der Waals surface area contributed by atoms with Crippen LogP contribution in [0.2, 0.25) is 0 Å². The molecule has 0 unspecified atom stereocenters. The zero-order valence-electron chi connectivity index (χ0n) is 23.4. The second-order valence-electron chi connectivity index (χ2n) is 9.52. The molecule has 42 heavy (non-hydrogen) atoms. The highest BCUT2D eigenvalue weighted by Crippen LogP contribution is 2.34. The van der Waals surface area contributed by atoms with Crippen molar-refractivity contribution in [3.8, 4) is 11.5 Å². The van der Waals surface area contributed by atoms with Crippen molar-refractivity contribution in [1.82, 2.24) is 16.1 Å². The highest BCUT2D eigenvalue weighted by Gasteiger charge is 2.32. The Labute approximate surface area is 242 Å². The molecule has 1 heterocycles. The topological polar surface area (TPSA) is 127 Å². The highest BCUT2D eigenvalue weighted by atomic mass is 16.5. The molecule has 0 aliphatic carbocycles. The van der Waals surface area contributed by atoms with E-state index in [2.05, 4.69) is 27.2 Å². The first-order chi connectivity index (χ1) is 20.4. The minimum Gasteiger partial charge on any atom is -0.493 e. The fourth-order valence-electron chi connectivity index (χ4n) is 4.94. The Kier molecular flexibility index (Phi) is 8.33. The van der Waals surface area contributed by atoms with Crippen molar-refractivity contribution in [1.29, 1.82) is 0 Å². The Morgan fingerprint density at radius 1 is 0.976 bits per heavy atom. The normalized spacial score (nSPS) is 14.9. The van der Waals surface area contributed by atoms with Gasteiger partial charge in [-0.3, -0.25) is 4.79 Å². The molecule has 3 N–H and O–H groups in total. The van der Waals surface area contributed by atoms with Gasteiger partial charge in [0.15, 0.2) is 18.1 Å². The number of ether oxygens (including phenoxy) is 3. The number of fused-ring (bicyclic) bond motifs is 2. The number of nitrogens with zero attached hydrogens (tertiary/aromatic N) is 1. The zero-order chi connectivity index (χ0) is 29.6. The zero-order valence-corrected chi connectivity index (χ0v) is 23.4. The van der Waals surface area contributed by atoms with E-state index in [1.54, 1.807) is 38.3 Å². The summed E-state index contributed by atoms with van der Waals surface area (Å²) in [4.78, 5) is 37.4. The third kappa shape index (κ3) is 5.87. The SMILES string of the molecule is CCOC(=O)C1=C(C)NC(=O)N[C@H]1c1ccc(OCC(=O)N/N=C\c2c3ccccc3cc3ccccc23)c(OC)c1. The summed E-state index contributed by atoms with van der Waals surface area (Å²) >= 11 is 0. The van der Waals surface area contributed by atoms with Crippen molar-refractivity contribution >= 4 is 45.7 Å². The number of urea groups is 1. The Hall–Kier alpha value is -5.38. The number of methoxy groups -OCH3 is 1. The van der Waals surface area contributed by atoms with Gasteiger partial charge in [-0.15, -0.1) is 0 Å². The summed E-state index contributed by atoms with van der Waals surface area (Å²) in [5, 5.41) is 13.7. The number of hydrazone groups is 1. The smallest absolute Gasteiger partial charge is 0.338 e. The molecule has 5 rings (SSSR count). The van der Waals surface area contributed by atoms with Gasteiger partial charge in [0.2, 0.25) is 0 Å². The van der Waals surface area contributed by atoms with Crippen LogP contribution >= 0.6 is 0 Å². The van der Waals surface area contributed by atoms with Crippen molar-refractivity contribution < 1.29 is 28.6 Å². The minimum atomic E-state index is -0.761. The molecule has 0 saturated carbocycles. The van der Waals surface area contributed by atoms with Crippen molar-refractivity contribution in [2.24, 2.45) is 5.10 Å². The number of amides is 3. The summed E-state index contributed by atoms with van der Waals surface area (Å²) < 4.78 is 16.4. The van der Waals surface area contributed by atoms with E-state index in [0.717, 1.165) is 27.1 Å². The fraction of sp³-hybridized carbons (Fsp3) is 0.188. The van der Waals surface area contributed by atoms with E-state index in [9.17, 15) is 14.4 Å². The lowest BCUT2D eigenvalue weighted by molar-refractivity contribution is -0.139. The van der Waals surface area contributed by atoms with Gasteiger partial charge in [0.05, 0.1) is 31.5 Å². The third-order valence-corrected chi connectivity index (χ3v) is 6.84. The molecule has 1 aliphatic rings. The second-order valence-corrected chi connectivity index (χ2v) is 9.52. The van der Waals surface area contributed by atoms with Gasteiger partial charge < -0.3 is 24.8 Å². The number of hydrogen-bond acceptors (Lipinski definition) is 7. The standard InChI is InChI=1S/C32H30N4O6/c1-4-41-31(38)29-19(2)34-32(39)35-30(29)22-13-14-26(27(16-22)40-3)42-18-28(37)36-33-17-25-23-11-7-5-9-20(23)15-21-10-6-8-12-24(21)25/h5-17,30H,4,18H2,1-3H3,(H,36,37)(H2,34,35,39)/b33-17-/t30-/m0/s1. The molecule has 0 saturated heterocycles. The van der Waals surface area contributed by atoms with Crippen molar-refractivity contribution in [2.45, 2.75) is 19.9 Å². The van der Waals surface area contributed by atoms with Crippen LogP contribution < -0.4 is 25.5 Å². The van der Waals surface area contributed by atoms with Crippen LogP contribution in [0.5, 0.6) is 11.5 Å². The average Bonchev–Trinajstić information content (AvgIpc) is 2.99. The van der Waals surface area contributed by atoms with E-state index >= 15 is 0 Å². The third-order valence-electron chi connectivity index (χ3n) is 6.84. The van der Waals surface area contributed by atoms with Crippen LogP contribution in [0, 0.1) is 0 Å². The number of rotatable bonds is 9. The predicted molar refractivity (Wildman–Crippen MR) is 159 cm³/mol. The summed E-state index contributed by atoms with van der Waals surface area (Å²) in [7, 11) is 1.46. The fourth-order valence-corrected chi connectivity index (χ4v) is 4.94. The lowest BCUT2D eigenvalue weighted by Gasteiger charge is -2.28.